The first kappa shape index (κ1) is 19.0. The van der Waals surface area contributed by atoms with Gasteiger partial charge in [0.05, 0.1) is 22.7 Å². The quantitative estimate of drug-likeness (QED) is 0.481. The Bertz CT molecular complexity index is 1340. The molecule has 0 spiro atoms. The fourth-order valence-corrected chi connectivity index (χ4v) is 4.28. The van der Waals surface area contributed by atoms with Crippen LogP contribution in [0.4, 0.5) is 4.39 Å². The molecule has 9 heteroatoms. The molecule has 4 aromatic rings. The molecular weight excluding hydrogens is 453 g/mol. The maximum absolute atomic E-state index is 15.0. The second-order valence-electron chi connectivity index (χ2n) is 7.78. The molecule has 5 rings (SSSR count). The number of hydrogen-bond donors (Lipinski definition) is 1. The van der Waals surface area contributed by atoms with E-state index in [4.69, 9.17) is 0 Å². The molecule has 0 atom stereocenters. The van der Waals surface area contributed by atoms with E-state index in [0.717, 1.165) is 16.6 Å². The lowest BCUT2D eigenvalue weighted by atomic mass is 10.0. The predicted octanol–water partition coefficient (Wildman–Crippen LogP) is 3.66. The third-order valence-corrected chi connectivity index (χ3v) is 6.38. The molecule has 1 saturated carbocycles. The lowest BCUT2D eigenvalue weighted by Crippen LogP contribution is -2.22. The highest BCUT2D eigenvalue weighted by Gasteiger charge is 2.24. The van der Waals surface area contributed by atoms with Gasteiger partial charge in [-0.2, -0.15) is 0 Å². The van der Waals surface area contributed by atoms with E-state index >= 15 is 0 Å². The van der Waals surface area contributed by atoms with Gasteiger partial charge in [-0.3, -0.25) is 9.13 Å². The maximum Gasteiger partial charge on any atom is 0.331 e. The first-order valence-electron chi connectivity index (χ1n) is 9.68. The Balaban J connectivity index is 1.48. The number of rotatable bonds is 5. The van der Waals surface area contributed by atoms with Gasteiger partial charge in [0.1, 0.15) is 11.3 Å². The minimum absolute atomic E-state index is 0.135. The number of benzene rings is 2. The van der Waals surface area contributed by atoms with Crippen molar-refractivity contribution in [2.75, 3.05) is 0 Å². The van der Waals surface area contributed by atoms with Crippen molar-refractivity contribution in [3.05, 3.63) is 62.9 Å². The molecule has 0 saturated heterocycles. The van der Waals surface area contributed by atoms with Crippen LogP contribution in [0.1, 0.15) is 18.4 Å². The van der Waals surface area contributed by atoms with Crippen molar-refractivity contribution in [3.63, 3.8) is 0 Å². The summed E-state index contributed by atoms with van der Waals surface area (Å²) in [7, 11) is 1.48. The summed E-state index contributed by atoms with van der Waals surface area (Å²) in [5.41, 5.74) is 3.03. The monoisotopic (exact) mass is 471 g/mol. The Labute approximate surface area is 179 Å². The molecule has 0 unspecified atom stereocenters. The second-order valence-corrected chi connectivity index (χ2v) is 8.57. The third-order valence-electron chi connectivity index (χ3n) is 5.58. The molecule has 1 aliphatic rings. The molecule has 1 aliphatic carbocycles. The van der Waals surface area contributed by atoms with Crippen LogP contribution in [0.5, 0.6) is 5.88 Å². The van der Waals surface area contributed by atoms with E-state index in [1.54, 1.807) is 12.1 Å². The largest absolute Gasteiger partial charge is 0.493 e. The summed E-state index contributed by atoms with van der Waals surface area (Å²) in [4.78, 5) is 12.1. The predicted molar refractivity (Wildman–Crippen MR) is 114 cm³/mol. The fraction of sp³-hybridized carbons (Fsp3) is 0.286. The number of imidazole rings is 1. The summed E-state index contributed by atoms with van der Waals surface area (Å²) in [6, 6.07) is 8.68. The van der Waals surface area contributed by atoms with Gasteiger partial charge in [0.2, 0.25) is 5.88 Å². The van der Waals surface area contributed by atoms with Crippen LogP contribution in [0.15, 0.2) is 45.8 Å². The summed E-state index contributed by atoms with van der Waals surface area (Å²) in [6.07, 6.45) is 3.80. The lowest BCUT2D eigenvalue weighted by Gasteiger charge is -2.09. The fourth-order valence-electron chi connectivity index (χ4n) is 3.65. The van der Waals surface area contributed by atoms with E-state index in [1.165, 1.54) is 36.7 Å². The summed E-state index contributed by atoms with van der Waals surface area (Å²) >= 11 is 3.58. The third kappa shape index (κ3) is 3.23. The molecule has 1 fully saturated rings. The van der Waals surface area contributed by atoms with Gasteiger partial charge in [-0.15, -0.1) is 5.10 Å². The highest BCUT2D eigenvalue weighted by molar-refractivity contribution is 9.10. The lowest BCUT2D eigenvalue weighted by molar-refractivity contribution is 0.429. The average molecular weight is 472 g/mol. The van der Waals surface area contributed by atoms with Crippen LogP contribution >= 0.6 is 15.9 Å². The van der Waals surface area contributed by atoms with E-state index in [1.807, 2.05) is 16.8 Å². The minimum Gasteiger partial charge on any atom is -0.493 e. The Hall–Kier alpha value is -2.94. The molecule has 154 valence electrons. The zero-order valence-electron chi connectivity index (χ0n) is 16.2. The average Bonchev–Trinajstić information content (AvgIpc) is 3.40. The Morgan fingerprint density at radius 3 is 2.67 bits per heavy atom. The Morgan fingerprint density at radius 2 is 2.00 bits per heavy atom. The first-order chi connectivity index (χ1) is 14.4. The highest BCUT2D eigenvalue weighted by Crippen LogP contribution is 2.36. The van der Waals surface area contributed by atoms with Crippen LogP contribution in [0.2, 0.25) is 0 Å². The van der Waals surface area contributed by atoms with Crippen LogP contribution < -0.4 is 5.69 Å². The van der Waals surface area contributed by atoms with Gasteiger partial charge in [-0.25, -0.2) is 13.9 Å². The van der Waals surface area contributed by atoms with Crippen LogP contribution in [-0.4, -0.2) is 29.2 Å². The van der Waals surface area contributed by atoms with Gasteiger partial charge in [-0.1, -0.05) is 23.4 Å². The number of aromatic nitrogens is 5. The zero-order chi connectivity index (χ0) is 21.0. The van der Waals surface area contributed by atoms with Crippen molar-refractivity contribution in [3.8, 4) is 17.0 Å². The maximum atomic E-state index is 15.0. The molecule has 30 heavy (non-hydrogen) atoms. The van der Waals surface area contributed by atoms with Crippen LogP contribution in [-0.2, 0) is 20.1 Å². The number of nitrogens with zero attached hydrogens (tertiary/aromatic N) is 5. The smallest absolute Gasteiger partial charge is 0.331 e. The van der Waals surface area contributed by atoms with Gasteiger partial charge in [0.15, 0.2) is 0 Å². The van der Waals surface area contributed by atoms with Gasteiger partial charge < -0.3 is 5.11 Å². The van der Waals surface area contributed by atoms with E-state index in [0.29, 0.717) is 32.6 Å². The molecule has 2 aromatic heterocycles. The van der Waals surface area contributed by atoms with Gasteiger partial charge in [-0.05, 0) is 52.4 Å². The Morgan fingerprint density at radius 1 is 1.23 bits per heavy atom. The van der Waals surface area contributed by atoms with Gasteiger partial charge in [0.25, 0.3) is 0 Å². The van der Waals surface area contributed by atoms with Crippen LogP contribution in [0, 0.1) is 11.7 Å². The van der Waals surface area contributed by atoms with Crippen molar-refractivity contribution in [2.24, 2.45) is 13.0 Å². The zero-order valence-corrected chi connectivity index (χ0v) is 17.8. The minimum atomic E-state index is -0.397. The van der Waals surface area contributed by atoms with E-state index in [2.05, 4.69) is 26.2 Å². The molecule has 7 nitrogen and oxygen atoms in total. The van der Waals surface area contributed by atoms with Gasteiger partial charge >= 0.3 is 5.69 Å². The normalized spacial score (nSPS) is 14.0. The number of hydrogen-bond acceptors (Lipinski definition) is 4. The van der Waals surface area contributed by atoms with Crippen LogP contribution in [0.3, 0.4) is 0 Å². The molecular formula is C21H19BrFN5O2. The molecule has 0 bridgehead atoms. The summed E-state index contributed by atoms with van der Waals surface area (Å²) < 4.78 is 20.1. The van der Waals surface area contributed by atoms with Crippen molar-refractivity contribution in [2.45, 2.75) is 25.9 Å². The van der Waals surface area contributed by atoms with Crippen molar-refractivity contribution in [1.29, 1.82) is 0 Å². The van der Waals surface area contributed by atoms with E-state index in [-0.39, 0.29) is 18.1 Å². The Kier molecular flexibility index (Phi) is 4.50. The number of aromatic hydroxyl groups is 1. The molecule has 0 radical (unpaired) electrons. The van der Waals surface area contributed by atoms with Crippen molar-refractivity contribution >= 4 is 27.0 Å². The van der Waals surface area contributed by atoms with Crippen LogP contribution in [0.25, 0.3) is 22.2 Å². The molecule has 2 aromatic carbocycles. The first-order valence-corrected chi connectivity index (χ1v) is 10.5. The van der Waals surface area contributed by atoms with Gasteiger partial charge in [0, 0.05) is 24.7 Å². The highest BCUT2D eigenvalue weighted by atomic mass is 79.9. The van der Waals surface area contributed by atoms with E-state index in [9.17, 15) is 14.3 Å². The summed E-state index contributed by atoms with van der Waals surface area (Å²) in [5, 5.41) is 18.2. The molecule has 0 amide bonds. The number of halogens is 2. The van der Waals surface area contributed by atoms with E-state index < -0.39 is 5.82 Å². The topological polar surface area (TPSA) is 77.9 Å². The standard InChI is InChI=1S/C21H19BrFN5O2/c1-26-18(29)11-27(21(26)30)9-13-4-5-14(16(23)8-13)15-6-7-17-20(19(15)22)24-25-28(17)10-12-2-3-12/h4-8,11-12,29H,2-3,9-10H2,1H3. The SMILES string of the molecule is Cn1c(O)cn(Cc2ccc(-c3ccc4c(nnn4CC4CC4)c3Br)c(F)c2)c1=O. The van der Waals surface area contributed by atoms with Crippen molar-refractivity contribution < 1.29 is 9.50 Å². The second kappa shape index (κ2) is 7.09. The molecule has 2 heterocycles. The summed E-state index contributed by atoms with van der Waals surface area (Å²) in [6.45, 7) is 1.03. The number of fused-ring (bicyclic) bond motifs is 1. The molecule has 1 N–H and O–H groups in total. The van der Waals surface area contributed by atoms with Crippen molar-refractivity contribution in [1.82, 2.24) is 24.1 Å². The molecule has 0 aliphatic heterocycles. The summed E-state index contributed by atoms with van der Waals surface area (Å²) in [5.74, 6) is 0.146.